The Kier molecular flexibility index (Phi) is 2.91. The van der Waals surface area contributed by atoms with Crippen LogP contribution in [0.4, 0.5) is 4.79 Å². The molecule has 84 valence electrons. The first-order chi connectivity index (χ1) is 7.68. The molecule has 1 aromatic carbocycles. The number of amides is 2. The Balaban J connectivity index is 2.26. The van der Waals surface area contributed by atoms with Crippen molar-refractivity contribution in [2.75, 3.05) is 6.54 Å². The molecule has 4 N–H and O–H groups in total. The van der Waals surface area contributed by atoms with E-state index in [-0.39, 0.29) is 0 Å². The van der Waals surface area contributed by atoms with Gasteiger partial charge >= 0.3 is 6.03 Å². The summed E-state index contributed by atoms with van der Waals surface area (Å²) in [4.78, 5) is 13.6. The molecule has 0 saturated carbocycles. The van der Waals surface area contributed by atoms with Crippen LogP contribution in [0.25, 0.3) is 11.0 Å². The van der Waals surface area contributed by atoms with Gasteiger partial charge in [-0.15, -0.1) is 0 Å². The van der Waals surface area contributed by atoms with Crippen molar-refractivity contribution in [2.24, 2.45) is 5.73 Å². The molecule has 2 rings (SSSR count). The number of nitrogens with zero attached hydrogens (tertiary/aromatic N) is 1. The number of aromatic nitrogens is 2. The number of urea groups is 1. The van der Waals surface area contributed by atoms with Crippen molar-refractivity contribution in [1.82, 2.24) is 14.9 Å². The van der Waals surface area contributed by atoms with Crippen LogP contribution in [0.5, 0.6) is 0 Å². The first kappa shape index (κ1) is 10.7. The topological polar surface area (TPSA) is 75.8 Å². The lowest BCUT2D eigenvalue weighted by atomic mass is 10.3. The van der Waals surface area contributed by atoms with Gasteiger partial charge in [0, 0.05) is 13.1 Å². The Hall–Kier alpha value is -1.82. The number of carbonyl (C=O) groups excluding carboxylic acids is 1. The van der Waals surface area contributed by atoms with E-state index < -0.39 is 6.03 Å². The highest BCUT2D eigenvalue weighted by atomic mass is 32.1. The van der Waals surface area contributed by atoms with Crippen molar-refractivity contribution in [3.05, 3.63) is 29.0 Å². The van der Waals surface area contributed by atoms with Crippen molar-refractivity contribution in [2.45, 2.75) is 6.54 Å². The van der Waals surface area contributed by atoms with Crippen LogP contribution in [0.2, 0.25) is 0 Å². The molecule has 0 unspecified atom stereocenters. The Morgan fingerprint density at radius 1 is 1.50 bits per heavy atom. The lowest BCUT2D eigenvalue weighted by molar-refractivity contribution is 0.248. The van der Waals surface area contributed by atoms with E-state index in [9.17, 15) is 4.79 Å². The van der Waals surface area contributed by atoms with Gasteiger partial charge in [0.1, 0.15) is 0 Å². The summed E-state index contributed by atoms with van der Waals surface area (Å²) in [5.41, 5.74) is 7.01. The van der Waals surface area contributed by atoms with Gasteiger partial charge in [0.25, 0.3) is 0 Å². The molecule has 0 bridgehead atoms. The molecule has 0 spiro atoms. The number of hydrogen-bond donors (Lipinski definition) is 3. The van der Waals surface area contributed by atoms with Crippen LogP contribution >= 0.6 is 12.2 Å². The number of H-pyrrole nitrogens is 1. The molecule has 5 nitrogen and oxygen atoms in total. The SMILES string of the molecule is NC(=O)NCCn1c(=S)[nH]c2ccccc21. The quantitative estimate of drug-likeness (QED) is 0.704. The molecule has 6 heteroatoms. The van der Waals surface area contributed by atoms with Crippen LogP contribution in [0.15, 0.2) is 24.3 Å². The maximum atomic E-state index is 10.5. The fourth-order valence-electron chi connectivity index (χ4n) is 1.62. The first-order valence-corrected chi connectivity index (χ1v) is 5.30. The van der Waals surface area contributed by atoms with E-state index in [0.717, 1.165) is 11.0 Å². The minimum absolute atomic E-state index is 0.464. The van der Waals surface area contributed by atoms with Crippen LogP contribution < -0.4 is 11.1 Å². The molecule has 16 heavy (non-hydrogen) atoms. The summed E-state index contributed by atoms with van der Waals surface area (Å²) in [5.74, 6) is 0. The third-order valence-electron chi connectivity index (χ3n) is 2.32. The number of nitrogens with two attached hydrogens (primary N) is 1. The highest BCUT2D eigenvalue weighted by Crippen LogP contribution is 2.12. The summed E-state index contributed by atoms with van der Waals surface area (Å²) in [5, 5.41) is 2.53. The number of aromatic amines is 1. The number of nitrogens with one attached hydrogen (secondary N) is 2. The molecule has 0 saturated heterocycles. The normalized spacial score (nSPS) is 10.5. The van der Waals surface area contributed by atoms with Crippen molar-refractivity contribution >= 4 is 29.3 Å². The van der Waals surface area contributed by atoms with Gasteiger partial charge in [-0.25, -0.2) is 4.79 Å². The monoisotopic (exact) mass is 236 g/mol. The van der Waals surface area contributed by atoms with Gasteiger partial charge in [0.15, 0.2) is 4.77 Å². The zero-order valence-corrected chi connectivity index (χ0v) is 9.38. The van der Waals surface area contributed by atoms with Crippen LogP contribution in [0.3, 0.4) is 0 Å². The summed E-state index contributed by atoms with van der Waals surface area (Å²) >= 11 is 5.20. The Labute approximate surface area is 97.3 Å². The molecular formula is C10H12N4OS. The minimum atomic E-state index is -0.522. The third-order valence-corrected chi connectivity index (χ3v) is 2.64. The summed E-state index contributed by atoms with van der Waals surface area (Å²) in [6, 6.07) is 7.31. The largest absolute Gasteiger partial charge is 0.352 e. The van der Waals surface area contributed by atoms with E-state index in [1.807, 2.05) is 28.8 Å². The minimum Gasteiger partial charge on any atom is -0.352 e. The molecule has 2 aromatic rings. The standard InChI is InChI=1S/C10H12N4OS/c11-9(15)12-5-6-14-8-4-2-1-3-7(8)13-10(14)16/h1-4H,5-6H2,(H,13,16)(H3,11,12,15). The number of rotatable bonds is 3. The lowest BCUT2D eigenvalue weighted by Crippen LogP contribution is -2.32. The molecule has 0 aliphatic rings. The summed E-state index contributed by atoms with van der Waals surface area (Å²) < 4.78 is 2.58. The predicted octanol–water partition coefficient (Wildman–Crippen LogP) is 1.37. The molecule has 0 radical (unpaired) electrons. The van der Waals surface area contributed by atoms with Crippen LogP contribution in [-0.2, 0) is 6.54 Å². The second-order valence-corrected chi connectivity index (χ2v) is 3.78. The van der Waals surface area contributed by atoms with Gasteiger partial charge < -0.3 is 20.6 Å². The maximum absolute atomic E-state index is 10.5. The molecule has 0 fully saturated rings. The zero-order valence-electron chi connectivity index (χ0n) is 8.56. The van der Waals surface area contributed by atoms with Gasteiger partial charge in [-0.2, -0.15) is 0 Å². The van der Waals surface area contributed by atoms with Crippen molar-refractivity contribution < 1.29 is 4.79 Å². The van der Waals surface area contributed by atoms with Gasteiger partial charge in [-0.1, -0.05) is 12.1 Å². The summed E-state index contributed by atoms with van der Waals surface area (Å²) in [6.45, 7) is 1.07. The smallest absolute Gasteiger partial charge is 0.312 e. The Morgan fingerprint density at radius 3 is 3.00 bits per heavy atom. The second kappa shape index (κ2) is 4.36. The number of primary amides is 1. The highest BCUT2D eigenvalue weighted by molar-refractivity contribution is 7.71. The average molecular weight is 236 g/mol. The lowest BCUT2D eigenvalue weighted by Gasteiger charge is -2.04. The Morgan fingerprint density at radius 2 is 2.25 bits per heavy atom. The van der Waals surface area contributed by atoms with Crippen molar-refractivity contribution in [1.29, 1.82) is 0 Å². The van der Waals surface area contributed by atoms with E-state index in [0.29, 0.717) is 17.9 Å². The zero-order chi connectivity index (χ0) is 11.5. The molecular weight excluding hydrogens is 224 g/mol. The molecule has 1 aromatic heterocycles. The van der Waals surface area contributed by atoms with Gasteiger partial charge in [0.05, 0.1) is 11.0 Å². The molecule has 1 heterocycles. The summed E-state index contributed by atoms with van der Waals surface area (Å²) in [6.07, 6.45) is 0. The third kappa shape index (κ3) is 2.06. The summed E-state index contributed by atoms with van der Waals surface area (Å²) in [7, 11) is 0. The average Bonchev–Trinajstić information content (AvgIpc) is 2.55. The van der Waals surface area contributed by atoms with Crippen LogP contribution in [0, 0.1) is 4.77 Å². The van der Waals surface area contributed by atoms with Crippen LogP contribution in [-0.4, -0.2) is 22.1 Å². The number of carbonyl (C=O) groups is 1. The molecule has 0 aliphatic heterocycles. The van der Waals surface area contributed by atoms with Gasteiger partial charge in [-0.05, 0) is 24.4 Å². The number of hydrogen-bond acceptors (Lipinski definition) is 2. The fourth-order valence-corrected chi connectivity index (χ4v) is 1.92. The fraction of sp³-hybridized carbons (Fsp3) is 0.200. The number of para-hydroxylation sites is 2. The van der Waals surface area contributed by atoms with Gasteiger partial charge in [-0.3, -0.25) is 0 Å². The number of fused-ring (bicyclic) bond motifs is 1. The highest BCUT2D eigenvalue weighted by Gasteiger charge is 2.02. The predicted molar refractivity (Wildman–Crippen MR) is 64.7 cm³/mol. The van der Waals surface area contributed by atoms with Crippen LogP contribution in [0.1, 0.15) is 0 Å². The van der Waals surface area contributed by atoms with E-state index >= 15 is 0 Å². The number of benzene rings is 1. The van der Waals surface area contributed by atoms with Crippen molar-refractivity contribution in [3.8, 4) is 0 Å². The van der Waals surface area contributed by atoms with Crippen molar-refractivity contribution in [3.63, 3.8) is 0 Å². The maximum Gasteiger partial charge on any atom is 0.312 e. The molecule has 0 atom stereocenters. The second-order valence-electron chi connectivity index (χ2n) is 3.39. The number of imidazole rings is 1. The Bertz CT molecular complexity index is 571. The van der Waals surface area contributed by atoms with E-state index in [1.165, 1.54) is 0 Å². The molecule has 2 amide bonds. The van der Waals surface area contributed by atoms with E-state index in [2.05, 4.69) is 10.3 Å². The van der Waals surface area contributed by atoms with E-state index in [4.69, 9.17) is 18.0 Å². The first-order valence-electron chi connectivity index (χ1n) is 4.89. The van der Waals surface area contributed by atoms with Gasteiger partial charge in [0.2, 0.25) is 0 Å². The van der Waals surface area contributed by atoms with E-state index in [1.54, 1.807) is 0 Å². The molecule has 0 aliphatic carbocycles.